The van der Waals surface area contributed by atoms with E-state index in [4.69, 9.17) is 0 Å². The van der Waals surface area contributed by atoms with Crippen LogP contribution in [0, 0.1) is 17.2 Å². The van der Waals surface area contributed by atoms with Crippen LogP contribution in [0.3, 0.4) is 0 Å². The molecule has 0 bridgehead atoms. The molecule has 4 rings (SSSR count). The van der Waals surface area contributed by atoms with Gasteiger partial charge < -0.3 is 14.9 Å². The number of aliphatic carboxylic acids is 1. The molecule has 6 nitrogen and oxygen atoms in total. The summed E-state index contributed by atoms with van der Waals surface area (Å²) >= 11 is 0. The molecule has 2 heterocycles. The molecule has 7 heteroatoms. The number of amides is 2. The highest BCUT2D eigenvalue weighted by Gasteiger charge is 2.52. The van der Waals surface area contributed by atoms with E-state index < -0.39 is 12.0 Å². The van der Waals surface area contributed by atoms with Crippen molar-refractivity contribution in [1.82, 2.24) is 9.80 Å². The van der Waals surface area contributed by atoms with E-state index in [-0.39, 0.29) is 29.0 Å². The smallest absolute Gasteiger partial charge is 0.326 e. The van der Waals surface area contributed by atoms with Gasteiger partial charge in [0.15, 0.2) is 0 Å². The summed E-state index contributed by atoms with van der Waals surface area (Å²) in [6.45, 7) is 1.51. The molecule has 1 unspecified atom stereocenters. The van der Waals surface area contributed by atoms with Gasteiger partial charge in [-0.1, -0.05) is 0 Å². The van der Waals surface area contributed by atoms with Crippen LogP contribution in [0.1, 0.15) is 42.5 Å². The zero-order valence-electron chi connectivity index (χ0n) is 15.1. The normalized spacial score (nSPS) is 24.3. The highest BCUT2D eigenvalue weighted by Crippen LogP contribution is 2.45. The molecular weight excluding hydrogens is 351 g/mol. The molecule has 144 valence electrons. The van der Waals surface area contributed by atoms with E-state index in [1.54, 1.807) is 9.80 Å². The van der Waals surface area contributed by atoms with Crippen molar-refractivity contribution in [3.05, 3.63) is 35.6 Å². The largest absolute Gasteiger partial charge is 0.480 e. The number of benzene rings is 1. The standard InChI is InChI=1S/C20H23FN2O4/c21-15-5-3-13(4-6-15)17(24)22-9-7-20(8-10-22)11-16(19(26)27)23(12-20)18(25)14-1-2-14/h3-6,14,16H,1-2,7-12H2,(H,26,27). The molecule has 1 spiro atoms. The maximum atomic E-state index is 13.1. The summed E-state index contributed by atoms with van der Waals surface area (Å²) in [5.41, 5.74) is 0.223. The van der Waals surface area contributed by atoms with Crippen molar-refractivity contribution in [3.8, 4) is 0 Å². The molecule has 3 aliphatic rings. The fraction of sp³-hybridized carbons (Fsp3) is 0.550. The number of piperidine rings is 1. The van der Waals surface area contributed by atoms with E-state index in [0.717, 1.165) is 12.8 Å². The fourth-order valence-corrected chi connectivity index (χ4v) is 4.39. The quantitative estimate of drug-likeness (QED) is 0.879. The Hall–Kier alpha value is -2.44. The minimum atomic E-state index is -0.939. The molecule has 1 N–H and O–H groups in total. The Kier molecular flexibility index (Phi) is 4.40. The van der Waals surface area contributed by atoms with Gasteiger partial charge in [0, 0.05) is 31.1 Å². The van der Waals surface area contributed by atoms with Gasteiger partial charge in [-0.25, -0.2) is 9.18 Å². The maximum absolute atomic E-state index is 13.1. The molecule has 3 fully saturated rings. The zero-order chi connectivity index (χ0) is 19.2. The average Bonchev–Trinajstić information content (AvgIpc) is 3.44. The number of carbonyl (C=O) groups excluding carboxylic acids is 2. The Morgan fingerprint density at radius 2 is 1.70 bits per heavy atom. The Morgan fingerprint density at radius 3 is 2.26 bits per heavy atom. The molecule has 2 amide bonds. The number of halogens is 1. The summed E-state index contributed by atoms with van der Waals surface area (Å²) in [6.07, 6.45) is 3.53. The van der Waals surface area contributed by atoms with Gasteiger partial charge in [-0.3, -0.25) is 9.59 Å². The third kappa shape index (κ3) is 3.42. The van der Waals surface area contributed by atoms with Gasteiger partial charge in [0.05, 0.1) is 0 Å². The summed E-state index contributed by atoms with van der Waals surface area (Å²) in [5, 5.41) is 9.57. The minimum Gasteiger partial charge on any atom is -0.480 e. The van der Waals surface area contributed by atoms with Gasteiger partial charge in [0.25, 0.3) is 5.91 Å². The molecule has 1 saturated carbocycles. The van der Waals surface area contributed by atoms with Gasteiger partial charge in [0.1, 0.15) is 11.9 Å². The van der Waals surface area contributed by atoms with Crippen LogP contribution >= 0.6 is 0 Å². The zero-order valence-corrected chi connectivity index (χ0v) is 15.1. The molecule has 0 radical (unpaired) electrons. The van der Waals surface area contributed by atoms with Crippen LogP contribution in [0.4, 0.5) is 4.39 Å². The SMILES string of the molecule is O=C(O)C1CC2(CCN(C(=O)c3ccc(F)cc3)CC2)CN1C(=O)C1CC1. The molecule has 2 saturated heterocycles. The lowest BCUT2D eigenvalue weighted by Gasteiger charge is -2.39. The van der Waals surface area contributed by atoms with Crippen LogP contribution in [-0.2, 0) is 9.59 Å². The van der Waals surface area contributed by atoms with E-state index in [2.05, 4.69) is 0 Å². The van der Waals surface area contributed by atoms with E-state index in [0.29, 0.717) is 44.5 Å². The Morgan fingerprint density at radius 1 is 1.07 bits per heavy atom. The van der Waals surface area contributed by atoms with Crippen LogP contribution in [0.2, 0.25) is 0 Å². The predicted molar refractivity (Wildman–Crippen MR) is 94.4 cm³/mol. The van der Waals surface area contributed by atoms with Crippen molar-refractivity contribution in [2.45, 2.75) is 38.1 Å². The van der Waals surface area contributed by atoms with E-state index in [1.165, 1.54) is 24.3 Å². The Bertz CT molecular complexity index is 767. The van der Waals surface area contributed by atoms with Crippen molar-refractivity contribution in [2.75, 3.05) is 19.6 Å². The summed E-state index contributed by atoms with van der Waals surface area (Å²) in [7, 11) is 0. The molecule has 1 atom stereocenters. The molecule has 1 aliphatic carbocycles. The minimum absolute atomic E-state index is 0.00198. The summed E-state index contributed by atoms with van der Waals surface area (Å²) < 4.78 is 13.1. The van der Waals surface area contributed by atoms with Crippen LogP contribution in [0.15, 0.2) is 24.3 Å². The monoisotopic (exact) mass is 374 g/mol. The number of rotatable bonds is 3. The van der Waals surface area contributed by atoms with Gasteiger partial charge >= 0.3 is 5.97 Å². The number of carboxylic acids is 1. The van der Waals surface area contributed by atoms with E-state index in [9.17, 15) is 23.9 Å². The first-order valence-corrected chi connectivity index (χ1v) is 9.47. The van der Waals surface area contributed by atoms with E-state index in [1.807, 2.05) is 0 Å². The molecule has 27 heavy (non-hydrogen) atoms. The number of nitrogens with zero attached hydrogens (tertiary/aromatic N) is 2. The fourth-order valence-electron chi connectivity index (χ4n) is 4.39. The molecule has 1 aromatic carbocycles. The van der Waals surface area contributed by atoms with Crippen molar-refractivity contribution < 1.29 is 23.9 Å². The highest BCUT2D eigenvalue weighted by molar-refractivity contribution is 5.94. The molecular formula is C20H23FN2O4. The van der Waals surface area contributed by atoms with Crippen LogP contribution in [-0.4, -0.2) is 58.4 Å². The first-order chi connectivity index (χ1) is 12.9. The summed E-state index contributed by atoms with van der Waals surface area (Å²) in [4.78, 5) is 40.1. The van der Waals surface area contributed by atoms with Crippen LogP contribution in [0.5, 0.6) is 0 Å². The topological polar surface area (TPSA) is 77.9 Å². The summed E-state index contributed by atoms with van der Waals surface area (Å²) in [6, 6.07) is 4.75. The Labute approximate surface area is 156 Å². The third-order valence-electron chi connectivity index (χ3n) is 6.21. The van der Waals surface area contributed by atoms with Gasteiger partial charge in [-0.05, 0) is 61.8 Å². The van der Waals surface area contributed by atoms with Crippen LogP contribution in [0.25, 0.3) is 0 Å². The second kappa shape index (κ2) is 6.62. The van der Waals surface area contributed by atoms with Crippen molar-refractivity contribution in [3.63, 3.8) is 0 Å². The first kappa shape index (κ1) is 17.9. The number of carbonyl (C=O) groups is 3. The lowest BCUT2D eigenvalue weighted by Crippen LogP contribution is -2.45. The van der Waals surface area contributed by atoms with E-state index >= 15 is 0 Å². The lowest BCUT2D eigenvalue weighted by atomic mass is 9.76. The molecule has 2 aliphatic heterocycles. The second-order valence-electron chi connectivity index (χ2n) is 8.10. The Balaban J connectivity index is 1.43. The maximum Gasteiger partial charge on any atom is 0.326 e. The first-order valence-electron chi connectivity index (χ1n) is 9.47. The van der Waals surface area contributed by atoms with Gasteiger partial charge in [0.2, 0.25) is 5.91 Å². The molecule has 1 aromatic rings. The van der Waals surface area contributed by atoms with Crippen LogP contribution < -0.4 is 0 Å². The average molecular weight is 374 g/mol. The van der Waals surface area contributed by atoms with Crippen molar-refractivity contribution in [1.29, 1.82) is 0 Å². The lowest BCUT2D eigenvalue weighted by molar-refractivity contribution is -0.148. The summed E-state index contributed by atoms with van der Waals surface area (Å²) in [5.74, 6) is -1.48. The number of carboxylic acid groups (broad SMARTS) is 1. The van der Waals surface area contributed by atoms with Crippen molar-refractivity contribution >= 4 is 17.8 Å². The highest BCUT2D eigenvalue weighted by atomic mass is 19.1. The number of likely N-dealkylation sites (tertiary alicyclic amines) is 2. The number of hydrogen-bond acceptors (Lipinski definition) is 3. The van der Waals surface area contributed by atoms with Gasteiger partial charge in [-0.2, -0.15) is 0 Å². The van der Waals surface area contributed by atoms with Crippen molar-refractivity contribution in [2.24, 2.45) is 11.3 Å². The third-order valence-corrected chi connectivity index (χ3v) is 6.21. The van der Waals surface area contributed by atoms with Gasteiger partial charge in [-0.15, -0.1) is 0 Å². The second-order valence-corrected chi connectivity index (χ2v) is 8.10. The molecule has 0 aromatic heterocycles. The number of hydrogen-bond donors (Lipinski definition) is 1. The predicted octanol–water partition coefficient (Wildman–Crippen LogP) is 2.14.